The van der Waals surface area contributed by atoms with Crippen LogP contribution in [0.25, 0.3) is 0 Å². The molecular weight excluding hydrogens is 236 g/mol. The second-order valence-electron chi connectivity index (χ2n) is 5.13. The average Bonchev–Trinajstić information content (AvgIpc) is 2.46. The minimum absolute atomic E-state index is 0.647. The minimum atomic E-state index is -0.647. The highest BCUT2D eigenvalue weighted by atomic mass is 15.1. The highest BCUT2D eigenvalue weighted by Gasteiger charge is 2.21. The third kappa shape index (κ3) is 5.82. The van der Waals surface area contributed by atoms with Crippen molar-refractivity contribution < 1.29 is 0 Å². The van der Waals surface area contributed by atoms with Crippen LogP contribution >= 0.6 is 0 Å². The molecular formula is C15H24N4. The molecule has 1 atom stereocenters. The fourth-order valence-electron chi connectivity index (χ4n) is 1.96. The van der Waals surface area contributed by atoms with E-state index >= 15 is 0 Å². The molecule has 104 valence electrons. The van der Waals surface area contributed by atoms with Crippen molar-refractivity contribution in [1.29, 1.82) is 5.26 Å². The lowest BCUT2D eigenvalue weighted by molar-refractivity contribution is 0.314. The van der Waals surface area contributed by atoms with E-state index in [0.29, 0.717) is 6.42 Å². The van der Waals surface area contributed by atoms with Crippen LogP contribution in [-0.2, 0) is 6.42 Å². The number of nitrogens with two attached hydrogens (primary N) is 1. The Morgan fingerprint density at radius 3 is 2.63 bits per heavy atom. The largest absolute Gasteiger partial charge is 0.313 e. The van der Waals surface area contributed by atoms with Gasteiger partial charge in [-0.25, -0.2) is 0 Å². The van der Waals surface area contributed by atoms with Gasteiger partial charge in [-0.2, -0.15) is 5.26 Å². The van der Waals surface area contributed by atoms with Crippen LogP contribution in [-0.4, -0.2) is 35.6 Å². The minimum Gasteiger partial charge on any atom is -0.313 e. The summed E-state index contributed by atoms with van der Waals surface area (Å²) < 4.78 is 0. The fraction of sp³-hybridized carbons (Fsp3) is 0.600. The van der Waals surface area contributed by atoms with Crippen LogP contribution in [0.2, 0.25) is 0 Å². The fourth-order valence-corrected chi connectivity index (χ4v) is 1.96. The zero-order valence-electron chi connectivity index (χ0n) is 12.0. The van der Waals surface area contributed by atoms with Gasteiger partial charge in [0.2, 0.25) is 0 Å². The molecule has 0 aromatic carbocycles. The maximum Gasteiger partial charge on any atom is 0.104 e. The number of rotatable bonds is 8. The van der Waals surface area contributed by atoms with E-state index < -0.39 is 5.54 Å². The maximum absolute atomic E-state index is 9.01. The van der Waals surface area contributed by atoms with Crippen LogP contribution < -0.4 is 5.73 Å². The van der Waals surface area contributed by atoms with Crippen LogP contribution in [0, 0.1) is 11.3 Å². The second-order valence-corrected chi connectivity index (χ2v) is 5.13. The van der Waals surface area contributed by atoms with Gasteiger partial charge in [-0.15, -0.1) is 0 Å². The molecule has 0 saturated heterocycles. The van der Waals surface area contributed by atoms with Gasteiger partial charge < -0.3 is 10.6 Å². The van der Waals surface area contributed by atoms with Gasteiger partial charge in [0.1, 0.15) is 5.54 Å². The third-order valence-corrected chi connectivity index (χ3v) is 3.55. The molecule has 4 heteroatoms. The summed E-state index contributed by atoms with van der Waals surface area (Å²) in [6.45, 7) is 3.96. The molecule has 0 aliphatic heterocycles. The first-order valence-corrected chi connectivity index (χ1v) is 6.87. The van der Waals surface area contributed by atoms with Crippen molar-refractivity contribution in [3.05, 3.63) is 30.1 Å². The summed E-state index contributed by atoms with van der Waals surface area (Å²) in [5, 5.41) is 9.01. The number of nitrogens with zero attached hydrogens (tertiary/aromatic N) is 3. The molecule has 4 nitrogen and oxygen atoms in total. The molecule has 0 aliphatic rings. The van der Waals surface area contributed by atoms with Crippen LogP contribution in [0.3, 0.4) is 0 Å². The Bertz CT molecular complexity index is 398. The SMILES string of the molecule is CCC(N)(C#N)CCCN(C)CCc1ccncc1. The molecule has 19 heavy (non-hydrogen) atoms. The quantitative estimate of drug-likeness (QED) is 0.776. The van der Waals surface area contributed by atoms with Crippen LogP contribution in [0.4, 0.5) is 0 Å². The monoisotopic (exact) mass is 260 g/mol. The number of nitriles is 1. The Morgan fingerprint density at radius 2 is 2.05 bits per heavy atom. The first-order valence-electron chi connectivity index (χ1n) is 6.87. The molecule has 1 aromatic rings. The summed E-state index contributed by atoms with van der Waals surface area (Å²) in [4.78, 5) is 6.30. The molecule has 0 spiro atoms. The Kier molecular flexibility index (Phi) is 6.48. The van der Waals surface area contributed by atoms with Crippen LogP contribution in [0.1, 0.15) is 31.7 Å². The number of pyridine rings is 1. The van der Waals surface area contributed by atoms with Crippen molar-refractivity contribution in [2.45, 2.75) is 38.1 Å². The molecule has 1 aromatic heterocycles. The van der Waals surface area contributed by atoms with Crippen molar-refractivity contribution in [2.75, 3.05) is 20.1 Å². The van der Waals surface area contributed by atoms with Gasteiger partial charge in [-0.1, -0.05) is 6.92 Å². The molecule has 2 N–H and O–H groups in total. The van der Waals surface area contributed by atoms with E-state index in [4.69, 9.17) is 11.0 Å². The summed E-state index contributed by atoms with van der Waals surface area (Å²) in [6.07, 6.45) is 7.12. The summed E-state index contributed by atoms with van der Waals surface area (Å²) in [5.41, 5.74) is 6.62. The van der Waals surface area contributed by atoms with E-state index in [-0.39, 0.29) is 0 Å². The van der Waals surface area contributed by atoms with Gasteiger partial charge in [-0.3, -0.25) is 4.98 Å². The van der Waals surface area contributed by atoms with E-state index in [1.165, 1.54) is 5.56 Å². The summed E-state index contributed by atoms with van der Waals surface area (Å²) in [7, 11) is 2.11. The van der Waals surface area contributed by atoms with Crippen LogP contribution in [0.5, 0.6) is 0 Å². The summed E-state index contributed by atoms with van der Waals surface area (Å²) >= 11 is 0. The molecule has 0 amide bonds. The highest BCUT2D eigenvalue weighted by Crippen LogP contribution is 2.13. The topological polar surface area (TPSA) is 65.9 Å². The molecule has 1 heterocycles. The summed E-state index contributed by atoms with van der Waals surface area (Å²) in [5.74, 6) is 0. The predicted octanol–water partition coefficient (Wildman–Crippen LogP) is 1.97. The van der Waals surface area contributed by atoms with Crippen molar-refractivity contribution in [3.63, 3.8) is 0 Å². The Labute approximate surface area is 116 Å². The standard InChI is InChI=1S/C15H24N4/c1-3-15(17,13-16)8-4-11-19(2)12-7-14-5-9-18-10-6-14/h5-6,9-10H,3-4,7-8,11-12,17H2,1-2H3. The van der Waals surface area contributed by atoms with Gasteiger partial charge in [0, 0.05) is 18.9 Å². The Morgan fingerprint density at radius 1 is 1.37 bits per heavy atom. The van der Waals surface area contributed by atoms with Crippen molar-refractivity contribution in [3.8, 4) is 6.07 Å². The van der Waals surface area contributed by atoms with E-state index in [0.717, 1.165) is 32.4 Å². The molecule has 0 aliphatic carbocycles. The van der Waals surface area contributed by atoms with E-state index in [9.17, 15) is 0 Å². The Balaban J connectivity index is 2.22. The molecule has 0 radical (unpaired) electrons. The number of hydrogen-bond donors (Lipinski definition) is 1. The van der Waals surface area contributed by atoms with E-state index in [1.807, 2.05) is 31.5 Å². The van der Waals surface area contributed by atoms with Gasteiger partial charge in [-0.05, 0) is 57.0 Å². The second kappa shape index (κ2) is 7.88. The highest BCUT2D eigenvalue weighted by molar-refractivity contribution is 5.09. The number of aromatic nitrogens is 1. The number of likely N-dealkylation sites (N-methyl/N-ethyl adjacent to an activating group) is 1. The first-order chi connectivity index (χ1) is 9.09. The van der Waals surface area contributed by atoms with Crippen molar-refractivity contribution >= 4 is 0 Å². The first kappa shape index (κ1) is 15.6. The lowest BCUT2D eigenvalue weighted by Gasteiger charge is -2.22. The lowest BCUT2D eigenvalue weighted by atomic mass is 9.93. The molecule has 0 fully saturated rings. The normalized spacial score (nSPS) is 14.1. The zero-order chi connectivity index (χ0) is 14.1. The molecule has 0 saturated carbocycles. The molecule has 1 unspecified atom stereocenters. The summed E-state index contributed by atoms with van der Waals surface area (Å²) in [6, 6.07) is 6.31. The van der Waals surface area contributed by atoms with Gasteiger partial charge in [0.05, 0.1) is 6.07 Å². The lowest BCUT2D eigenvalue weighted by Crippen LogP contribution is -2.38. The van der Waals surface area contributed by atoms with Crippen molar-refractivity contribution in [1.82, 2.24) is 9.88 Å². The average molecular weight is 260 g/mol. The van der Waals surface area contributed by atoms with Gasteiger partial charge in [0.15, 0.2) is 0 Å². The van der Waals surface area contributed by atoms with Crippen molar-refractivity contribution in [2.24, 2.45) is 5.73 Å². The van der Waals surface area contributed by atoms with E-state index in [1.54, 1.807) is 0 Å². The predicted molar refractivity (Wildman–Crippen MR) is 77.5 cm³/mol. The molecule has 1 rings (SSSR count). The smallest absolute Gasteiger partial charge is 0.104 e. The maximum atomic E-state index is 9.01. The number of hydrogen-bond acceptors (Lipinski definition) is 4. The third-order valence-electron chi connectivity index (χ3n) is 3.55. The van der Waals surface area contributed by atoms with Gasteiger partial charge in [0.25, 0.3) is 0 Å². The Hall–Kier alpha value is -1.44. The van der Waals surface area contributed by atoms with E-state index in [2.05, 4.69) is 23.0 Å². The van der Waals surface area contributed by atoms with Crippen LogP contribution in [0.15, 0.2) is 24.5 Å². The molecule has 0 bridgehead atoms. The zero-order valence-corrected chi connectivity index (χ0v) is 12.0. The van der Waals surface area contributed by atoms with Gasteiger partial charge >= 0.3 is 0 Å².